The van der Waals surface area contributed by atoms with Crippen molar-refractivity contribution in [3.8, 4) is 0 Å². The van der Waals surface area contributed by atoms with Gasteiger partial charge < -0.3 is 69.6 Å². The normalized spacial score (nSPS) is 21.2. The summed E-state index contributed by atoms with van der Waals surface area (Å²) in [6.45, 7) is -1.51. The summed E-state index contributed by atoms with van der Waals surface area (Å²) < 4.78 is 5.22. The van der Waals surface area contributed by atoms with Crippen LogP contribution in [0, 0.1) is 0 Å². The lowest BCUT2D eigenvalue weighted by Gasteiger charge is -2.56. The Bertz CT molecular complexity index is 1510. The number of amides is 4. The van der Waals surface area contributed by atoms with Crippen LogP contribution < -0.4 is 44.6 Å². The van der Waals surface area contributed by atoms with Crippen LogP contribution in [0.3, 0.4) is 0 Å². The maximum atomic E-state index is 13.4. The van der Waals surface area contributed by atoms with Crippen molar-refractivity contribution in [1.82, 2.24) is 20.9 Å². The van der Waals surface area contributed by atoms with E-state index >= 15 is 0 Å². The van der Waals surface area contributed by atoms with Crippen LogP contribution in [0.15, 0.2) is 16.3 Å². The average molecular weight is 791 g/mol. The number of nitrogens with one attached hydrogen (secondary N) is 3. The molecule has 2 aliphatic heterocycles. The van der Waals surface area contributed by atoms with Gasteiger partial charge in [-0.2, -0.15) is 0 Å². The Morgan fingerprint density at radius 1 is 1.06 bits per heavy atom. The van der Waals surface area contributed by atoms with Crippen molar-refractivity contribution in [2.75, 3.05) is 25.5 Å². The Kier molecular flexibility index (Phi) is 17.2. The molecule has 0 aliphatic carbocycles. The molecular formula is C29H46N10O14S. The molecule has 25 heteroatoms. The number of hydrogen-bond acceptors (Lipinski definition) is 17. The number of β-lactam (4-membered cyclic amide) rings is 1. The van der Waals surface area contributed by atoms with Gasteiger partial charge in [-0.25, -0.2) is 4.79 Å². The number of carbonyl (C=O) groups is 8. The van der Waals surface area contributed by atoms with E-state index in [4.69, 9.17) is 38.5 Å². The Morgan fingerprint density at radius 3 is 2.28 bits per heavy atom. The highest BCUT2D eigenvalue weighted by atomic mass is 32.2. The molecule has 18 N–H and O–H groups in total. The lowest BCUT2D eigenvalue weighted by atomic mass is 9.94. The number of aliphatic imine (C=N–C) groups is 1. The Labute approximate surface area is 311 Å². The molecule has 4 amide bonds. The molecule has 8 atom stereocenters. The van der Waals surface area contributed by atoms with E-state index in [1.807, 2.05) is 0 Å². The largest absolute Gasteiger partial charge is 0.480 e. The van der Waals surface area contributed by atoms with Crippen LogP contribution in [-0.4, -0.2) is 157 Å². The van der Waals surface area contributed by atoms with Crippen LogP contribution in [0.25, 0.3) is 0 Å². The third kappa shape index (κ3) is 11.5. The summed E-state index contributed by atoms with van der Waals surface area (Å²) in [4.78, 5) is 103. The number of aliphatic hydroxyl groups is 3. The first kappa shape index (κ1) is 45.2. The number of carboxylic acids is 2. The summed E-state index contributed by atoms with van der Waals surface area (Å²) in [7, 11) is 0. The number of nitrogens with two attached hydrogens (primary N) is 5. The summed E-state index contributed by atoms with van der Waals surface area (Å²) in [5.41, 5.74) is 24.2. The number of aliphatic carboxylic acids is 2. The SMILES string of the molecule is NC(=O)[C@H](N[C@@H](CCCN=C(N)N)C(O)CC(=O)OCC1=C(C(=O)O)N2C(=O)[C@](NC=O)(NC(=O)CCCC(N)C(=O)O)[C@H]2SC1)[C@@H](O)C(=O)[C@@H](N)CO. The number of fused-ring (bicyclic) bond motifs is 1. The van der Waals surface area contributed by atoms with Crippen LogP contribution in [0.1, 0.15) is 38.5 Å². The molecule has 1 fully saturated rings. The maximum Gasteiger partial charge on any atom is 0.352 e. The lowest BCUT2D eigenvalue weighted by molar-refractivity contribution is -0.162. The molecule has 0 radical (unpaired) electrons. The van der Waals surface area contributed by atoms with Gasteiger partial charge >= 0.3 is 17.9 Å². The Balaban J connectivity index is 2.19. The van der Waals surface area contributed by atoms with Gasteiger partial charge in [-0.05, 0) is 25.7 Å². The number of esters is 1. The van der Waals surface area contributed by atoms with E-state index in [0.717, 1.165) is 16.7 Å². The number of aliphatic hydroxyl groups excluding tert-OH is 3. The van der Waals surface area contributed by atoms with Gasteiger partial charge in [0.1, 0.15) is 35.9 Å². The molecule has 1 saturated heterocycles. The number of primary amides is 1. The number of carboxylic acid groups (broad SMARTS) is 2. The predicted octanol–water partition coefficient (Wildman–Crippen LogP) is -7.21. The molecular weight excluding hydrogens is 744 g/mol. The number of Topliss-reactive ketones (excluding diaryl/α,β-unsaturated/α-hetero) is 1. The van der Waals surface area contributed by atoms with Crippen molar-refractivity contribution in [1.29, 1.82) is 0 Å². The topological polar surface area (TPSA) is 429 Å². The zero-order valence-electron chi connectivity index (χ0n) is 28.8. The number of guanidine groups is 1. The monoisotopic (exact) mass is 790 g/mol. The van der Waals surface area contributed by atoms with E-state index in [2.05, 4.69) is 20.9 Å². The molecule has 2 aliphatic rings. The first-order valence-electron chi connectivity index (χ1n) is 16.3. The van der Waals surface area contributed by atoms with Crippen LogP contribution in [0.5, 0.6) is 0 Å². The van der Waals surface area contributed by atoms with Crippen molar-refractivity contribution in [2.24, 2.45) is 33.7 Å². The molecule has 0 bridgehead atoms. The number of hydrogen-bond donors (Lipinski definition) is 13. The fourth-order valence-electron chi connectivity index (χ4n) is 5.47. The smallest absolute Gasteiger partial charge is 0.352 e. The second kappa shape index (κ2) is 20.5. The van der Waals surface area contributed by atoms with E-state index in [-0.39, 0.29) is 62.3 Å². The standard InChI is InChI=1S/C29H46N10O14S/c30-13(24(48)49)3-1-5-17(43)38-29(36-11-41)26(52)39-20(25(50)51)12(10-54-27(29)39)9-53-18(44)7-16(42)15(4-2-6-35-28(33)34)37-19(23(32)47)22(46)21(45)14(31)8-40/h11,13-16,19,22,27,37,40,42,46H,1-10,30-31H2,(H2,32,47)(H,36,41)(H,38,43)(H,48,49)(H,50,51)(H4,33,34,35)/t13?,14-,15-,16?,19+,22+,27+,29-/m0/s1. The zero-order valence-corrected chi connectivity index (χ0v) is 29.6. The molecule has 302 valence electrons. The number of ether oxygens (including phenoxy) is 1. The van der Waals surface area contributed by atoms with E-state index < -0.39 is 114 Å². The van der Waals surface area contributed by atoms with Gasteiger partial charge in [0.05, 0.1) is 25.2 Å². The minimum Gasteiger partial charge on any atom is -0.480 e. The number of ketones is 1. The third-order valence-corrected chi connectivity index (χ3v) is 9.69. The van der Waals surface area contributed by atoms with Crippen LogP contribution in [-0.2, 0) is 43.1 Å². The van der Waals surface area contributed by atoms with E-state index in [1.54, 1.807) is 0 Å². The number of carbonyl (C=O) groups excluding carboxylic acids is 6. The Hall–Kier alpha value is -4.92. The molecule has 2 rings (SSSR count). The van der Waals surface area contributed by atoms with Crippen LogP contribution >= 0.6 is 11.8 Å². The first-order valence-corrected chi connectivity index (χ1v) is 17.3. The van der Waals surface area contributed by atoms with E-state index in [0.29, 0.717) is 0 Å². The molecule has 2 heterocycles. The minimum absolute atomic E-state index is 0.0259. The third-order valence-electron chi connectivity index (χ3n) is 8.30. The van der Waals surface area contributed by atoms with Gasteiger partial charge in [-0.3, -0.25) is 48.8 Å². The van der Waals surface area contributed by atoms with Gasteiger partial charge in [0.25, 0.3) is 5.91 Å². The van der Waals surface area contributed by atoms with Crippen molar-refractivity contribution in [3.05, 3.63) is 11.3 Å². The van der Waals surface area contributed by atoms with Gasteiger partial charge in [-0.15, -0.1) is 11.8 Å². The molecule has 54 heavy (non-hydrogen) atoms. The first-order chi connectivity index (χ1) is 25.3. The fraction of sp³-hybridized carbons (Fsp3) is 0.621. The Morgan fingerprint density at radius 2 is 1.72 bits per heavy atom. The summed E-state index contributed by atoms with van der Waals surface area (Å²) in [5.74, 6) is -8.54. The molecule has 0 spiro atoms. The van der Waals surface area contributed by atoms with Crippen molar-refractivity contribution in [2.45, 2.75) is 85.9 Å². The highest BCUT2D eigenvalue weighted by Gasteiger charge is 2.66. The molecule has 0 aromatic rings. The van der Waals surface area contributed by atoms with Gasteiger partial charge in [0.2, 0.25) is 23.9 Å². The maximum absolute atomic E-state index is 13.4. The molecule has 0 aromatic heterocycles. The number of rotatable bonds is 25. The minimum atomic E-state index is -2.15. The molecule has 0 saturated carbocycles. The van der Waals surface area contributed by atoms with Gasteiger partial charge in [0, 0.05) is 30.3 Å². The second-order valence-electron chi connectivity index (χ2n) is 12.2. The van der Waals surface area contributed by atoms with Crippen molar-refractivity contribution < 1.29 is 68.6 Å². The van der Waals surface area contributed by atoms with Crippen molar-refractivity contribution in [3.63, 3.8) is 0 Å². The predicted molar refractivity (Wildman–Crippen MR) is 185 cm³/mol. The summed E-state index contributed by atoms with van der Waals surface area (Å²) >= 11 is 0.921. The van der Waals surface area contributed by atoms with E-state index in [1.165, 1.54) is 0 Å². The molecule has 24 nitrogen and oxygen atoms in total. The molecule has 2 unspecified atom stereocenters. The fourth-order valence-corrected chi connectivity index (χ4v) is 6.88. The van der Waals surface area contributed by atoms with Gasteiger partial charge in [0.15, 0.2) is 11.7 Å². The second-order valence-corrected chi connectivity index (χ2v) is 13.3. The number of thioether (sulfide) groups is 1. The van der Waals surface area contributed by atoms with E-state index in [9.17, 15) is 58.8 Å². The summed E-state index contributed by atoms with van der Waals surface area (Å²) in [6.07, 6.45) is -4.70. The lowest BCUT2D eigenvalue weighted by Crippen LogP contribution is -2.85. The van der Waals surface area contributed by atoms with Gasteiger partial charge in [-0.1, -0.05) is 0 Å². The highest BCUT2D eigenvalue weighted by Crippen LogP contribution is 2.45. The number of nitrogens with zero attached hydrogens (tertiary/aromatic N) is 2. The van der Waals surface area contributed by atoms with Crippen LogP contribution in [0.4, 0.5) is 0 Å². The zero-order chi connectivity index (χ0) is 40.9. The quantitative estimate of drug-likeness (QED) is 0.00777. The summed E-state index contributed by atoms with van der Waals surface area (Å²) in [5, 5.41) is 55.6. The molecule has 0 aromatic carbocycles. The average Bonchev–Trinajstić information content (AvgIpc) is 3.11. The van der Waals surface area contributed by atoms with Crippen molar-refractivity contribution >= 4 is 65.5 Å². The highest BCUT2D eigenvalue weighted by molar-refractivity contribution is 8.00. The van der Waals surface area contributed by atoms with Crippen LogP contribution in [0.2, 0.25) is 0 Å². The summed E-state index contributed by atoms with van der Waals surface area (Å²) in [6, 6.07) is -5.86.